The summed E-state index contributed by atoms with van der Waals surface area (Å²) in [4.78, 5) is 3.97. The Kier molecular flexibility index (Phi) is 5.08. The number of rotatable bonds is 4. The first kappa shape index (κ1) is 14.6. The smallest absolute Gasteiger partial charge is 0.119 e. The minimum Gasteiger partial charge on any atom is -0.497 e. The molecular formula is C14H12BrCl2NO. The highest BCUT2D eigenvalue weighted by Gasteiger charge is 2.15. The number of nitrogens with zero attached hydrogens (tertiary/aromatic N) is 1. The second kappa shape index (κ2) is 6.60. The summed E-state index contributed by atoms with van der Waals surface area (Å²) >= 11 is 16.1. The van der Waals surface area contributed by atoms with Crippen molar-refractivity contribution in [2.24, 2.45) is 0 Å². The zero-order valence-corrected chi connectivity index (χ0v) is 13.3. The molecule has 1 aromatic carbocycles. The SMILES string of the molecule is COc1ccc(Br)c(C(Cl)Cc2ccncc2Cl)c1. The Morgan fingerprint density at radius 1 is 1.37 bits per heavy atom. The summed E-state index contributed by atoms with van der Waals surface area (Å²) in [7, 11) is 1.63. The molecule has 0 fully saturated rings. The summed E-state index contributed by atoms with van der Waals surface area (Å²) in [6, 6.07) is 7.62. The van der Waals surface area contributed by atoms with Gasteiger partial charge in [-0.2, -0.15) is 0 Å². The zero-order valence-electron chi connectivity index (χ0n) is 10.2. The molecule has 1 aromatic heterocycles. The lowest BCUT2D eigenvalue weighted by Gasteiger charge is -2.14. The topological polar surface area (TPSA) is 22.1 Å². The average Bonchev–Trinajstić information content (AvgIpc) is 2.42. The molecule has 0 radical (unpaired) electrons. The maximum Gasteiger partial charge on any atom is 0.119 e. The molecule has 0 bridgehead atoms. The van der Waals surface area contributed by atoms with E-state index in [0.717, 1.165) is 21.3 Å². The molecule has 19 heavy (non-hydrogen) atoms. The van der Waals surface area contributed by atoms with E-state index in [1.165, 1.54) is 0 Å². The van der Waals surface area contributed by atoms with Gasteiger partial charge < -0.3 is 4.74 Å². The summed E-state index contributed by atoms with van der Waals surface area (Å²) in [5.41, 5.74) is 1.96. The molecule has 2 aromatic rings. The number of ether oxygens (including phenoxy) is 1. The molecule has 2 rings (SSSR count). The van der Waals surface area contributed by atoms with E-state index >= 15 is 0 Å². The molecule has 0 N–H and O–H groups in total. The van der Waals surface area contributed by atoms with E-state index in [1.807, 2.05) is 24.3 Å². The maximum atomic E-state index is 6.48. The van der Waals surface area contributed by atoms with Crippen molar-refractivity contribution in [2.75, 3.05) is 7.11 Å². The number of hydrogen-bond donors (Lipinski definition) is 0. The Morgan fingerprint density at radius 2 is 2.16 bits per heavy atom. The van der Waals surface area contributed by atoms with Crippen LogP contribution >= 0.6 is 39.1 Å². The Balaban J connectivity index is 2.25. The standard InChI is InChI=1S/C14H12BrCl2NO/c1-19-10-2-3-12(15)11(7-10)13(16)6-9-4-5-18-8-14(9)17/h2-5,7-8,13H,6H2,1H3. The van der Waals surface area contributed by atoms with E-state index in [4.69, 9.17) is 27.9 Å². The summed E-state index contributed by atoms with van der Waals surface area (Å²) in [5, 5.41) is 0.441. The lowest BCUT2D eigenvalue weighted by atomic mass is 10.0. The number of aromatic nitrogens is 1. The van der Waals surface area contributed by atoms with E-state index in [0.29, 0.717) is 11.4 Å². The number of halogens is 3. The largest absolute Gasteiger partial charge is 0.497 e. The Labute approximate surface area is 130 Å². The molecule has 0 saturated heterocycles. The van der Waals surface area contributed by atoms with Crippen molar-refractivity contribution < 1.29 is 4.74 Å². The van der Waals surface area contributed by atoms with Gasteiger partial charge in [-0.1, -0.05) is 27.5 Å². The van der Waals surface area contributed by atoms with Gasteiger partial charge in [0.15, 0.2) is 0 Å². The predicted octanol–water partition coefficient (Wildman–Crippen LogP) is 5.03. The summed E-state index contributed by atoms with van der Waals surface area (Å²) in [6.07, 6.45) is 3.97. The molecule has 0 amide bonds. The lowest BCUT2D eigenvalue weighted by molar-refractivity contribution is 0.414. The highest BCUT2D eigenvalue weighted by atomic mass is 79.9. The molecule has 2 nitrogen and oxygen atoms in total. The maximum absolute atomic E-state index is 6.48. The van der Waals surface area contributed by atoms with Gasteiger partial charge in [0.1, 0.15) is 5.75 Å². The van der Waals surface area contributed by atoms with Crippen molar-refractivity contribution in [3.8, 4) is 5.75 Å². The van der Waals surface area contributed by atoms with Crippen molar-refractivity contribution in [3.05, 3.63) is 57.3 Å². The number of alkyl halides is 1. The molecule has 0 aliphatic carbocycles. The fourth-order valence-corrected chi connectivity index (χ4v) is 2.96. The third-order valence-corrected chi connectivity index (χ3v) is 4.25. The fourth-order valence-electron chi connectivity index (χ4n) is 1.76. The van der Waals surface area contributed by atoms with Crippen LogP contribution in [0.25, 0.3) is 0 Å². The third-order valence-electron chi connectivity index (χ3n) is 2.80. The Bertz CT molecular complexity index is 577. The van der Waals surface area contributed by atoms with E-state index in [-0.39, 0.29) is 5.38 Å². The highest BCUT2D eigenvalue weighted by Crippen LogP contribution is 2.34. The first-order valence-corrected chi connectivity index (χ1v) is 7.28. The van der Waals surface area contributed by atoms with Crippen LogP contribution in [-0.4, -0.2) is 12.1 Å². The fraction of sp³-hybridized carbons (Fsp3) is 0.214. The van der Waals surface area contributed by atoms with Gasteiger partial charge in [0.2, 0.25) is 0 Å². The second-order valence-corrected chi connectivity index (χ2v) is 5.81. The third kappa shape index (κ3) is 3.62. The minimum absolute atomic E-state index is 0.190. The molecule has 0 saturated carbocycles. The normalized spacial score (nSPS) is 12.2. The lowest BCUT2D eigenvalue weighted by Crippen LogP contribution is -1.99. The van der Waals surface area contributed by atoms with Crippen LogP contribution in [-0.2, 0) is 6.42 Å². The number of benzene rings is 1. The average molecular weight is 361 g/mol. The van der Waals surface area contributed by atoms with Gasteiger partial charge in [-0.3, -0.25) is 4.98 Å². The van der Waals surface area contributed by atoms with Gasteiger partial charge in [-0.25, -0.2) is 0 Å². The minimum atomic E-state index is -0.190. The van der Waals surface area contributed by atoms with Crippen molar-refractivity contribution in [3.63, 3.8) is 0 Å². The second-order valence-electron chi connectivity index (χ2n) is 4.03. The number of methoxy groups -OCH3 is 1. The highest BCUT2D eigenvalue weighted by molar-refractivity contribution is 9.10. The Morgan fingerprint density at radius 3 is 2.84 bits per heavy atom. The molecule has 1 heterocycles. The molecule has 1 unspecified atom stereocenters. The van der Waals surface area contributed by atoms with Gasteiger partial charge >= 0.3 is 0 Å². The number of hydrogen-bond acceptors (Lipinski definition) is 2. The molecule has 0 aliphatic rings. The van der Waals surface area contributed by atoms with Gasteiger partial charge in [0.05, 0.1) is 17.5 Å². The molecule has 0 spiro atoms. The molecule has 1 atom stereocenters. The van der Waals surface area contributed by atoms with Crippen LogP contribution in [0, 0.1) is 0 Å². The summed E-state index contributed by atoms with van der Waals surface area (Å²) < 4.78 is 6.18. The molecule has 5 heteroatoms. The number of pyridine rings is 1. The first-order valence-electron chi connectivity index (χ1n) is 5.67. The molecule has 100 valence electrons. The monoisotopic (exact) mass is 359 g/mol. The Hall–Kier alpha value is -0.770. The first-order chi connectivity index (χ1) is 9.11. The van der Waals surface area contributed by atoms with Crippen molar-refractivity contribution in [1.29, 1.82) is 0 Å². The van der Waals surface area contributed by atoms with Crippen LogP contribution in [0.5, 0.6) is 5.75 Å². The van der Waals surface area contributed by atoms with Crippen LogP contribution in [0.1, 0.15) is 16.5 Å². The van der Waals surface area contributed by atoms with Crippen LogP contribution in [0.3, 0.4) is 0 Å². The van der Waals surface area contributed by atoms with E-state index in [2.05, 4.69) is 20.9 Å². The van der Waals surface area contributed by atoms with Crippen molar-refractivity contribution in [2.45, 2.75) is 11.8 Å². The van der Waals surface area contributed by atoms with E-state index in [9.17, 15) is 0 Å². The van der Waals surface area contributed by atoms with E-state index < -0.39 is 0 Å². The van der Waals surface area contributed by atoms with Crippen molar-refractivity contribution in [1.82, 2.24) is 4.98 Å². The predicted molar refractivity (Wildman–Crippen MR) is 82.2 cm³/mol. The van der Waals surface area contributed by atoms with Gasteiger partial charge in [-0.05, 0) is 41.8 Å². The summed E-state index contributed by atoms with van der Waals surface area (Å²) in [6.45, 7) is 0. The van der Waals surface area contributed by atoms with Gasteiger partial charge in [-0.15, -0.1) is 11.6 Å². The van der Waals surface area contributed by atoms with Crippen molar-refractivity contribution >= 4 is 39.1 Å². The summed E-state index contributed by atoms with van der Waals surface area (Å²) in [5.74, 6) is 0.782. The van der Waals surface area contributed by atoms with Gasteiger partial charge in [0, 0.05) is 16.9 Å². The van der Waals surface area contributed by atoms with E-state index in [1.54, 1.807) is 19.5 Å². The van der Waals surface area contributed by atoms with Crippen LogP contribution in [0.15, 0.2) is 41.1 Å². The molecule has 0 aliphatic heterocycles. The van der Waals surface area contributed by atoms with Crippen LogP contribution in [0.4, 0.5) is 0 Å². The van der Waals surface area contributed by atoms with Crippen LogP contribution in [0.2, 0.25) is 5.02 Å². The van der Waals surface area contributed by atoms with Gasteiger partial charge in [0.25, 0.3) is 0 Å². The molecular weight excluding hydrogens is 349 g/mol. The zero-order chi connectivity index (χ0) is 13.8. The quantitative estimate of drug-likeness (QED) is 0.713. The van der Waals surface area contributed by atoms with Crippen LogP contribution < -0.4 is 4.74 Å².